The number of hydrogen-bond donors (Lipinski definition) is 2. The van der Waals surface area contributed by atoms with Crippen LogP contribution in [-0.2, 0) is 0 Å². The molecule has 106 valence electrons. The Balaban J connectivity index is 2.58. The molecule has 0 radical (unpaired) electrons. The Morgan fingerprint density at radius 1 is 1.10 bits per heavy atom. The van der Waals surface area contributed by atoms with Crippen LogP contribution in [-0.4, -0.2) is 7.11 Å². The molecule has 2 aromatic rings. The van der Waals surface area contributed by atoms with Crippen molar-refractivity contribution in [3.63, 3.8) is 0 Å². The fourth-order valence-corrected chi connectivity index (χ4v) is 2.06. The average molecular weight is 282 g/mol. The molecule has 0 aliphatic carbocycles. The van der Waals surface area contributed by atoms with Crippen LogP contribution in [0.4, 0.5) is 13.2 Å². The molecule has 0 spiro atoms. The number of benzene rings is 2. The normalized spacial score (nSPS) is 12.2. The molecular weight excluding hydrogens is 269 g/mol. The summed E-state index contributed by atoms with van der Waals surface area (Å²) < 4.78 is 45.6. The Morgan fingerprint density at radius 2 is 1.75 bits per heavy atom. The third-order valence-corrected chi connectivity index (χ3v) is 2.91. The Bertz CT molecular complexity index is 599. The molecule has 0 aliphatic rings. The molecule has 3 N–H and O–H groups in total. The maximum atomic E-state index is 14.0. The highest BCUT2D eigenvalue weighted by molar-refractivity contribution is 5.42. The molecule has 2 aromatic carbocycles. The second-order valence-electron chi connectivity index (χ2n) is 4.16. The first-order chi connectivity index (χ1) is 9.56. The van der Waals surface area contributed by atoms with Crippen molar-refractivity contribution in [2.45, 2.75) is 6.04 Å². The topological polar surface area (TPSA) is 47.3 Å². The molecule has 2 rings (SSSR count). The zero-order chi connectivity index (χ0) is 14.7. The van der Waals surface area contributed by atoms with Crippen molar-refractivity contribution in [1.82, 2.24) is 5.43 Å². The summed E-state index contributed by atoms with van der Waals surface area (Å²) in [5.74, 6) is 3.52. The predicted molar refractivity (Wildman–Crippen MR) is 68.5 cm³/mol. The minimum atomic E-state index is -0.934. The van der Waals surface area contributed by atoms with Gasteiger partial charge in [0.1, 0.15) is 23.2 Å². The Morgan fingerprint density at radius 3 is 2.30 bits per heavy atom. The number of ether oxygens (including phenoxy) is 1. The van der Waals surface area contributed by atoms with E-state index in [2.05, 4.69) is 5.43 Å². The molecule has 0 saturated heterocycles. The van der Waals surface area contributed by atoms with Gasteiger partial charge in [-0.15, -0.1) is 0 Å². The van der Waals surface area contributed by atoms with Crippen molar-refractivity contribution < 1.29 is 17.9 Å². The van der Waals surface area contributed by atoms with Crippen molar-refractivity contribution in [3.05, 3.63) is 65.0 Å². The van der Waals surface area contributed by atoms with Gasteiger partial charge in [-0.25, -0.2) is 18.6 Å². The Kier molecular flexibility index (Phi) is 4.26. The number of hydrazine groups is 1. The van der Waals surface area contributed by atoms with E-state index in [4.69, 9.17) is 10.6 Å². The molecule has 1 atom stereocenters. The van der Waals surface area contributed by atoms with Gasteiger partial charge in [-0.3, -0.25) is 5.84 Å². The van der Waals surface area contributed by atoms with Crippen LogP contribution in [0.5, 0.6) is 5.75 Å². The van der Waals surface area contributed by atoms with Gasteiger partial charge in [0.05, 0.1) is 18.7 Å². The third kappa shape index (κ3) is 2.76. The summed E-state index contributed by atoms with van der Waals surface area (Å²) in [4.78, 5) is 0. The average Bonchev–Trinajstić information content (AvgIpc) is 2.40. The molecule has 0 fully saturated rings. The first kappa shape index (κ1) is 14.4. The monoisotopic (exact) mass is 282 g/mol. The van der Waals surface area contributed by atoms with Crippen molar-refractivity contribution in [3.8, 4) is 5.75 Å². The standard InChI is InChI=1S/C14H13F3N2O/c1-20-12-4-2-3-11(17)13(12)14(19-18)8-5-9(15)7-10(16)6-8/h2-7,14,19H,18H2,1H3. The minimum absolute atomic E-state index is 0.0856. The highest BCUT2D eigenvalue weighted by atomic mass is 19.1. The Labute approximate surface area is 114 Å². The van der Waals surface area contributed by atoms with Gasteiger partial charge in [-0.2, -0.15) is 0 Å². The van der Waals surface area contributed by atoms with Crippen LogP contribution in [0.15, 0.2) is 36.4 Å². The second-order valence-corrected chi connectivity index (χ2v) is 4.16. The maximum Gasteiger partial charge on any atom is 0.132 e. The number of halogens is 3. The van der Waals surface area contributed by atoms with Gasteiger partial charge in [-0.1, -0.05) is 6.07 Å². The summed E-state index contributed by atoms with van der Waals surface area (Å²) in [5, 5.41) is 0. The summed E-state index contributed by atoms with van der Waals surface area (Å²) in [7, 11) is 1.37. The summed E-state index contributed by atoms with van der Waals surface area (Å²) in [6.07, 6.45) is 0. The van der Waals surface area contributed by atoms with E-state index in [1.54, 1.807) is 6.07 Å². The van der Waals surface area contributed by atoms with Crippen LogP contribution in [0.1, 0.15) is 17.2 Å². The van der Waals surface area contributed by atoms with Crippen LogP contribution >= 0.6 is 0 Å². The van der Waals surface area contributed by atoms with Crippen molar-refractivity contribution in [1.29, 1.82) is 0 Å². The highest BCUT2D eigenvalue weighted by Crippen LogP contribution is 2.32. The lowest BCUT2D eigenvalue weighted by Crippen LogP contribution is -2.30. The van der Waals surface area contributed by atoms with Gasteiger partial charge in [0, 0.05) is 6.07 Å². The lowest BCUT2D eigenvalue weighted by molar-refractivity contribution is 0.397. The molecule has 0 bridgehead atoms. The van der Waals surface area contributed by atoms with Crippen LogP contribution in [0, 0.1) is 17.5 Å². The van der Waals surface area contributed by atoms with Crippen LogP contribution < -0.4 is 16.0 Å². The van der Waals surface area contributed by atoms with Crippen LogP contribution in [0.2, 0.25) is 0 Å². The number of rotatable bonds is 4. The quantitative estimate of drug-likeness (QED) is 0.669. The molecule has 0 aromatic heterocycles. The molecule has 0 amide bonds. The zero-order valence-electron chi connectivity index (χ0n) is 10.7. The number of nitrogens with one attached hydrogen (secondary N) is 1. The molecule has 0 saturated carbocycles. The van der Waals surface area contributed by atoms with Crippen LogP contribution in [0.3, 0.4) is 0 Å². The van der Waals surface area contributed by atoms with Gasteiger partial charge in [-0.05, 0) is 29.8 Å². The first-order valence-electron chi connectivity index (χ1n) is 5.81. The van der Waals surface area contributed by atoms with E-state index in [0.717, 1.165) is 18.2 Å². The van der Waals surface area contributed by atoms with E-state index >= 15 is 0 Å². The van der Waals surface area contributed by atoms with Gasteiger partial charge < -0.3 is 4.74 Å². The fourth-order valence-electron chi connectivity index (χ4n) is 2.06. The molecule has 0 heterocycles. The predicted octanol–water partition coefficient (Wildman–Crippen LogP) is 2.67. The summed E-state index contributed by atoms with van der Waals surface area (Å²) in [5.41, 5.74) is 2.60. The largest absolute Gasteiger partial charge is 0.496 e. The second kappa shape index (κ2) is 5.94. The van der Waals surface area contributed by atoms with Gasteiger partial charge in [0.15, 0.2) is 0 Å². The molecule has 6 heteroatoms. The lowest BCUT2D eigenvalue weighted by Gasteiger charge is -2.20. The Hall–Kier alpha value is -2.05. The summed E-state index contributed by atoms with van der Waals surface area (Å²) in [6.45, 7) is 0. The molecular formula is C14H13F3N2O. The van der Waals surface area contributed by atoms with E-state index in [9.17, 15) is 13.2 Å². The van der Waals surface area contributed by atoms with Gasteiger partial charge in [0.2, 0.25) is 0 Å². The fraction of sp³-hybridized carbons (Fsp3) is 0.143. The summed E-state index contributed by atoms with van der Waals surface area (Å²) in [6, 6.07) is 6.19. The van der Waals surface area contributed by atoms with Crippen molar-refractivity contribution >= 4 is 0 Å². The third-order valence-electron chi connectivity index (χ3n) is 2.91. The van der Waals surface area contributed by atoms with Crippen molar-refractivity contribution in [2.24, 2.45) is 5.84 Å². The zero-order valence-corrected chi connectivity index (χ0v) is 10.7. The lowest BCUT2D eigenvalue weighted by atomic mass is 9.97. The van der Waals surface area contributed by atoms with E-state index in [1.807, 2.05) is 0 Å². The van der Waals surface area contributed by atoms with Gasteiger partial charge >= 0.3 is 0 Å². The van der Waals surface area contributed by atoms with Crippen LogP contribution in [0.25, 0.3) is 0 Å². The first-order valence-corrected chi connectivity index (χ1v) is 5.81. The van der Waals surface area contributed by atoms with E-state index < -0.39 is 23.5 Å². The number of hydrogen-bond acceptors (Lipinski definition) is 3. The van der Waals surface area contributed by atoms with Gasteiger partial charge in [0.25, 0.3) is 0 Å². The maximum absolute atomic E-state index is 14.0. The molecule has 0 aliphatic heterocycles. The molecule has 1 unspecified atom stereocenters. The number of methoxy groups -OCH3 is 1. The SMILES string of the molecule is COc1cccc(F)c1C(NN)c1cc(F)cc(F)c1. The minimum Gasteiger partial charge on any atom is -0.496 e. The molecule has 20 heavy (non-hydrogen) atoms. The van der Waals surface area contributed by atoms with E-state index in [-0.39, 0.29) is 16.9 Å². The van der Waals surface area contributed by atoms with Crippen molar-refractivity contribution in [2.75, 3.05) is 7.11 Å². The highest BCUT2D eigenvalue weighted by Gasteiger charge is 2.22. The molecule has 3 nitrogen and oxygen atoms in total. The van der Waals surface area contributed by atoms with E-state index in [1.165, 1.54) is 19.2 Å². The number of nitrogens with two attached hydrogens (primary N) is 1. The van der Waals surface area contributed by atoms with E-state index in [0.29, 0.717) is 0 Å². The smallest absolute Gasteiger partial charge is 0.132 e. The summed E-state index contributed by atoms with van der Waals surface area (Å²) >= 11 is 0.